The van der Waals surface area contributed by atoms with Gasteiger partial charge >= 0.3 is 0 Å². The van der Waals surface area contributed by atoms with Gasteiger partial charge in [0.15, 0.2) is 0 Å². The lowest BCUT2D eigenvalue weighted by molar-refractivity contribution is 0.0783. The molecule has 0 spiro atoms. The van der Waals surface area contributed by atoms with E-state index in [1.165, 1.54) is 0 Å². The summed E-state index contributed by atoms with van der Waals surface area (Å²) in [6.07, 6.45) is 1.70. The highest BCUT2D eigenvalue weighted by Crippen LogP contribution is 2.28. The van der Waals surface area contributed by atoms with E-state index in [4.69, 9.17) is 11.6 Å². The van der Waals surface area contributed by atoms with Gasteiger partial charge in [-0.05, 0) is 44.3 Å². The smallest absolute Gasteiger partial charge is 0.256 e. The fraction of sp³-hybridized carbons (Fsp3) is 0.412. The van der Waals surface area contributed by atoms with Crippen LogP contribution in [0.15, 0.2) is 30.5 Å². The van der Waals surface area contributed by atoms with E-state index in [1.807, 2.05) is 17.0 Å². The minimum Gasteiger partial charge on any atom is -0.337 e. The molecule has 1 aromatic heterocycles. The number of aromatic nitrogens is 1. The zero-order valence-corrected chi connectivity index (χ0v) is 13.8. The molecule has 1 aliphatic rings. The van der Waals surface area contributed by atoms with E-state index in [-0.39, 0.29) is 5.91 Å². The molecule has 22 heavy (non-hydrogen) atoms. The van der Waals surface area contributed by atoms with Gasteiger partial charge < -0.3 is 9.80 Å². The molecular formula is C17H20ClN3O. The van der Waals surface area contributed by atoms with E-state index in [0.29, 0.717) is 28.1 Å². The summed E-state index contributed by atoms with van der Waals surface area (Å²) in [6, 6.07) is 7.70. The number of pyridine rings is 1. The highest BCUT2D eigenvalue weighted by molar-refractivity contribution is 6.36. The third-order valence-corrected chi connectivity index (χ3v) is 4.80. The maximum atomic E-state index is 12.9. The van der Waals surface area contributed by atoms with Crippen molar-refractivity contribution in [2.75, 3.05) is 27.2 Å². The minimum absolute atomic E-state index is 0.0385. The number of carbonyl (C=O) groups excluding carboxylic acids is 1. The molecular weight excluding hydrogens is 298 g/mol. The maximum Gasteiger partial charge on any atom is 0.256 e. The molecule has 0 aliphatic carbocycles. The Morgan fingerprint density at radius 2 is 2.09 bits per heavy atom. The predicted molar refractivity (Wildman–Crippen MR) is 89.3 cm³/mol. The van der Waals surface area contributed by atoms with E-state index in [1.54, 1.807) is 18.3 Å². The summed E-state index contributed by atoms with van der Waals surface area (Å²) in [6.45, 7) is 3.72. The van der Waals surface area contributed by atoms with Crippen molar-refractivity contribution in [2.45, 2.75) is 13.0 Å². The first kappa shape index (κ1) is 15.3. The molecule has 1 fully saturated rings. The van der Waals surface area contributed by atoms with Gasteiger partial charge in [-0.15, -0.1) is 0 Å². The third-order valence-electron chi connectivity index (χ3n) is 4.47. The van der Waals surface area contributed by atoms with Crippen molar-refractivity contribution in [3.8, 4) is 0 Å². The number of halogens is 1. The quantitative estimate of drug-likeness (QED) is 0.854. The largest absolute Gasteiger partial charge is 0.337 e. The Hall–Kier alpha value is -1.65. The van der Waals surface area contributed by atoms with Crippen molar-refractivity contribution in [3.05, 3.63) is 41.0 Å². The molecule has 0 radical (unpaired) electrons. The van der Waals surface area contributed by atoms with Crippen molar-refractivity contribution in [2.24, 2.45) is 5.92 Å². The molecule has 0 N–H and O–H groups in total. The van der Waals surface area contributed by atoms with Gasteiger partial charge in [-0.25, -0.2) is 0 Å². The number of nitrogens with zero attached hydrogens (tertiary/aromatic N) is 3. The molecule has 2 unspecified atom stereocenters. The maximum absolute atomic E-state index is 12.9. The van der Waals surface area contributed by atoms with E-state index in [0.717, 1.165) is 18.5 Å². The molecule has 2 heterocycles. The summed E-state index contributed by atoms with van der Waals surface area (Å²) >= 11 is 6.21. The number of amides is 1. The first-order chi connectivity index (χ1) is 10.5. The van der Waals surface area contributed by atoms with Crippen LogP contribution in [0.2, 0.25) is 5.02 Å². The lowest BCUT2D eigenvalue weighted by Crippen LogP contribution is -2.35. The van der Waals surface area contributed by atoms with Crippen LogP contribution in [-0.2, 0) is 0 Å². The normalized spacial score (nSPS) is 21.8. The van der Waals surface area contributed by atoms with Gasteiger partial charge in [0.1, 0.15) is 0 Å². The summed E-state index contributed by atoms with van der Waals surface area (Å²) < 4.78 is 0. The fourth-order valence-corrected chi connectivity index (χ4v) is 3.48. The number of hydrogen-bond donors (Lipinski definition) is 0. The summed E-state index contributed by atoms with van der Waals surface area (Å²) in [5.41, 5.74) is 1.31. The molecule has 2 atom stereocenters. The third kappa shape index (κ3) is 2.57. The van der Waals surface area contributed by atoms with Gasteiger partial charge in [-0.1, -0.05) is 18.5 Å². The second-order valence-corrected chi connectivity index (χ2v) is 6.62. The molecule has 1 amide bonds. The average molecular weight is 318 g/mol. The van der Waals surface area contributed by atoms with Crippen LogP contribution < -0.4 is 0 Å². The summed E-state index contributed by atoms with van der Waals surface area (Å²) in [5, 5.41) is 1.45. The molecule has 3 rings (SSSR count). The van der Waals surface area contributed by atoms with E-state index in [9.17, 15) is 4.79 Å². The lowest BCUT2D eigenvalue weighted by atomic mass is 10.1. The Labute approximate surface area is 135 Å². The highest BCUT2D eigenvalue weighted by atomic mass is 35.5. The van der Waals surface area contributed by atoms with Crippen LogP contribution in [0.3, 0.4) is 0 Å². The second kappa shape index (κ2) is 5.86. The van der Waals surface area contributed by atoms with Crippen LogP contribution in [0, 0.1) is 5.92 Å². The first-order valence-corrected chi connectivity index (χ1v) is 7.85. The monoisotopic (exact) mass is 317 g/mol. The lowest BCUT2D eigenvalue weighted by Gasteiger charge is -2.22. The van der Waals surface area contributed by atoms with Gasteiger partial charge in [-0.3, -0.25) is 9.78 Å². The van der Waals surface area contributed by atoms with Gasteiger partial charge in [0.2, 0.25) is 0 Å². The average Bonchev–Trinajstić information content (AvgIpc) is 2.89. The van der Waals surface area contributed by atoms with E-state index >= 15 is 0 Å². The van der Waals surface area contributed by atoms with Crippen molar-refractivity contribution >= 4 is 28.4 Å². The molecule has 116 valence electrons. The second-order valence-electron chi connectivity index (χ2n) is 6.21. The molecule has 1 saturated heterocycles. The highest BCUT2D eigenvalue weighted by Gasteiger charge is 2.34. The fourth-order valence-electron chi connectivity index (χ4n) is 3.27. The molecule has 1 aromatic carbocycles. The number of hydrogen-bond acceptors (Lipinski definition) is 3. The van der Waals surface area contributed by atoms with Gasteiger partial charge in [-0.2, -0.15) is 0 Å². The number of likely N-dealkylation sites (tertiary alicyclic amines) is 1. The van der Waals surface area contributed by atoms with Crippen LogP contribution >= 0.6 is 11.6 Å². The Morgan fingerprint density at radius 3 is 2.77 bits per heavy atom. The van der Waals surface area contributed by atoms with Crippen molar-refractivity contribution < 1.29 is 4.79 Å². The number of rotatable bonds is 2. The summed E-state index contributed by atoms with van der Waals surface area (Å²) in [5.74, 6) is 0.502. The number of benzene rings is 1. The standard InChI is InChI=1S/C17H20ClN3O/c1-11-9-21(10-15(11)20(2)3)17(22)13-6-7-14(18)12-5-4-8-19-16(12)13/h4-8,11,15H,9-10H2,1-3H3. The molecule has 5 heteroatoms. The van der Waals surface area contributed by atoms with Crippen LogP contribution in [0.4, 0.5) is 0 Å². The minimum atomic E-state index is 0.0385. The van der Waals surface area contributed by atoms with Crippen molar-refractivity contribution in [1.82, 2.24) is 14.8 Å². The van der Waals surface area contributed by atoms with Crippen LogP contribution in [-0.4, -0.2) is 53.9 Å². The van der Waals surface area contributed by atoms with E-state index in [2.05, 4.69) is 30.9 Å². The van der Waals surface area contributed by atoms with Crippen LogP contribution in [0.5, 0.6) is 0 Å². The molecule has 0 bridgehead atoms. The number of fused-ring (bicyclic) bond motifs is 1. The van der Waals surface area contributed by atoms with Gasteiger partial charge in [0.25, 0.3) is 5.91 Å². The zero-order chi connectivity index (χ0) is 15.9. The number of carbonyl (C=O) groups is 1. The Balaban J connectivity index is 1.96. The van der Waals surface area contributed by atoms with E-state index < -0.39 is 0 Å². The van der Waals surface area contributed by atoms with Crippen molar-refractivity contribution in [3.63, 3.8) is 0 Å². The van der Waals surface area contributed by atoms with Crippen LogP contribution in [0.25, 0.3) is 10.9 Å². The molecule has 2 aromatic rings. The van der Waals surface area contributed by atoms with Crippen LogP contribution in [0.1, 0.15) is 17.3 Å². The Bertz CT molecular complexity index is 716. The molecule has 1 aliphatic heterocycles. The SMILES string of the molecule is CC1CN(C(=O)c2ccc(Cl)c3cccnc23)CC1N(C)C. The molecule has 4 nitrogen and oxygen atoms in total. The topological polar surface area (TPSA) is 36.4 Å². The Morgan fingerprint density at radius 1 is 1.32 bits per heavy atom. The van der Waals surface area contributed by atoms with Gasteiger partial charge in [0, 0.05) is 30.7 Å². The van der Waals surface area contributed by atoms with Gasteiger partial charge in [0.05, 0.1) is 16.1 Å². The first-order valence-electron chi connectivity index (χ1n) is 7.48. The zero-order valence-electron chi connectivity index (χ0n) is 13.1. The summed E-state index contributed by atoms with van der Waals surface area (Å²) in [7, 11) is 4.13. The van der Waals surface area contributed by atoms with Crippen molar-refractivity contribution in [1.29, 1.82) is 0 Å². The predicted octanol–water partition coefficient (Wildman–Crippen LogP) is 2.91. The summed E-state index contributed by atoms with van der Waals surface area (Å²) in [4.78, 5) is 21.4. The molecule has 0 saturated carbocycles. The number of likely N-dealkylation sites (N-methyl/N-ethyl adjacent to an activating group) is 1. The Kier molecular flexibility index (Phi) is 4.06.